The van der Waals surface area contributed by atoms with E-state index in [1.54, 1.807) is 20.0 Å². The molecule has 0 aromatic carbocycles. The number of rotatable bonds is 5. The SMILES string of the molecule is CC(C)NC(=O)NC(=O)Cn1cc(CCN)nn1. The second-order valence-electron chi connectivity index (χ2n) is 4.12. The van der Waals surface area contributed by atoms with Gasteiger partial charge in [-0.3, -0.25) is 10.1 Å². The Balaban J connectivity index is 2.41. The predicted molar refractivity (Wildman–Crippen MR) is 64.6 cm³/mol. The first kappa shape index (κ1) is 14.1. The molecule has 0 radical (unpaired) electrons. The van der Waals surface area contributed by atoms with E-state index >= 15 is 0 Å². The van der Waals surface area contributed by atoms with Crippen LogP contribution < -0.4 is 16.4 Å². The highest BCUT2D eigenvalue weighted by Gasteiger charge is 2.10. The number of imide groups is 1. The molecule has 0 fully saturated rings. The molecule has 1 rings (SSSR count). The van der Waals surface area contributed by atoms with Gasteiger partial charge in [-0.1, -0.05) is 5.21 Å². The Morgan fingerprint density at radius 3 is 2.83 bits per heavy atom. The molecule has 1 aromatic rings. The standard InChI is InChI=1S/C10H18N6O2/c1-7(2)12-10(18)13-9(17)6-16-5-8(3-4-11)14-15-16/h5,7H,3-4,6,11H2,1-2H3,(H2,12,13,17,18). The zero-order chi connectivity index (χ0) is 13.5. The maximum absolute atomic E-state index is 11.5. The second kappa shape index (κ2) is 6.70. The van der Waals surface area contributed by atoms with Gasteiger partial charge in [0.1, 0.15) is 6.54 Å². The Kier molecular flexibility index (Phi) is 5.25. The molecule has 0 saturated carbocycles. The molecule has 1 aromatic heterocycles. The van der Waals surface area contributed by atoms with E-state index in [1.807, 2.05) is 0 Å². The summed E-state index contributed by atoms with van der Waals surface area (Å²) < 4.78 is 1.36. The first-order valence-corrected chi connectivity index (χ1v) is 5.70. The molecule has 4 N–H and O–H groups in total. The van der Waals surface area contributed by atoms with Crippen LogP contribution in [0.25, 0.3) is 0 Å². The van der Waals surface area contributed by atoms with Gasteiger partial charge >= 0.3 is 6.03 Å². The van der Waals surface area contributed by atoms with Crippen LogP contribution in [0.3, 0.4) is 0 Å². The minimum absolute atomic E-state index is 0.0275. The number of nitrogens with one attached hydrogen (secondary N) is 2. The Bertz CT molecular complexity index is 414. The summed E-state index contributed by atoms with van der Waals surface area (Å²) in [6, 6.07) is -0.544. The number of amides is 3. The van der Waals surface area contributed by atoms with Crippen molar-refractivity contribution in [2.24, 2.45) is 5.73 Å². The van der Waals surface area contributed by atoms with Crippen LogP contribution in [0.2, 0.25) is 0 Å². The molecule has 100 valence electrons. The molecule has 0 aliphatic heterocycles. The molecular weight excluding hydrogens is 236 g/mol. The van der Waals surface area contributed by atoms with Crippen molar-refractivity contribution in [1.29, 1.82) is 0 Å². The topological polar surface area (TPSA) is 115 Å². The van der Waals surface area contributed by atoms with Gasteiger partial charge in [-0.2, -0.15) is 0 Å². The van der Waals surface area contributed by atoms with Crippen molar-refractivity contribution in [2.45, 2.75) is 32.9 Å². The molecule has 1 heterocycles. The number of hydrogen-bond donors (Lipinski definition) is 3. The van der Waals surface area contributed by atoms with Crippen molar-refractivity contribution in [3.8, 4) is 0 Å². The third-order valence-electron chi connectivity index (χ3n) is 1.96. The molecule has 0 aliphatic rings. The lowest BCUT2D eigenvalue weighted by Gasteiger charge is -2.08. The highest BCUT2D eigenvalue weighted by molar-refractivity contribution is 5.94. The van der Waals surface area contributed by atoms with Gasteiger partial charge in [0.2, 0.25) is 5.91 Å². The lowest BCUT2D eigenvalue weighted by molar-refractivity contribution is -0.120. The van der Waals surface area contributed by atoms with Gasteiger partial charge < -0.3 is 11.1 Å². The third-order valence-corrected chi connectivity index (χ3v) is 1.96. The van der Waals surface area contributed by atoms with Crippen molar-refractivity contribution >= 4 is 11.9 Å². The van der Waals surface area contributed by atoms with Gasteiger partial charge in [-0.15, -0.1) is 5.10 Å². The van der Waals surface area contributed by atoms with Gasteiger partial charge in [0.25, 0.3) is 0 Å². The highest BCUT2D eigenvalue weighted by Crippen LogP contribution is 1.93. The maximum Gasteiger partial charge on any atom is 0.321 e. The minimum Gasteiger partial charge on any atom is -0.336 e. The largest absolute Gasteiger partial charge is 0.336 e. The molecule has 18 heavy (non-hydrogen) atoms. The second-order valence-corrected chi connectivity index (χ2v) is 4.12. The van der Waals surface area contributed by atoms with Crippen LogP contribution in [0.5, 0.6) is 0 Å². The zero-order valence-electron chi connectivity index (χ0n) is 10.5. The van der Waals surface area contributed by atoms with E-state index in [1.165, 1.54) is 4.68 Å². The Hall–Kier alpha value is -1.96. The smallest absolute Gasteiger partial charge is 0.321 e. The van der Waals surface area contributed by atoms with Crippen LogP contribution in [0, 0.1) is 0 Å². The van der Waals surface area contributed by atoms with Crippen LogP contribution in [-0.4, -0.2) is 39.5 Å². The summed E-state index contributed by atoms with van der Waals surface area (Å²) in [7, 11) is 0. The molecule has 0 atom stereocenters. The van der Waals surface area contributed by atoms with Gasteiger partial charge in [-0.25, -0.2) is 9.48 Å². The van der Waals surface area contributed by atoms with Gasteiger partial charge in [0.15, 0.2) is 0 Å². The fourth-order valence-corrected chi connectivity index (χ4v) is 1.29. The average Bonchev–Trinajstić information content (AvgIpc) is 2.64. The fraction of sp³-hybridized carbons (Fsp3) is 0.600. The molecular formula is C10H18N6O2. The van der Waals surface area contributed by atoms with E-state index in [0.717, 1.165) is 5.69 Å². The highest BCUT2D eigenvalue weighted by atomic mass is 16.2. The summed E-state index contributed by atoms with van der Waals surface area (Å²) in [6.07, 6.45) is 2.24. The number of nitrogens with zero attached hydrogens (tertiary/aromatic N) is 3. The number of hydrogen-bond acceptors (Lipinski definition) is 5. The predicted octanol–water partition coefficient (Wildman–Crippen LogP) is -0.986. The third kappa shape index (κ3) is 4.91. The summed E-state index contributed by atoms with van der Waals surface area (Å²) >= 11 is 0. The first-order valence-electron chi connectivity index (χ1n) is 5.70. The van der Waals surface area contributed by atoms with Crippen LogP contribution in [0.1, 0.15) is 19.5 Å². The molecule has 0 spiro atoms. The quantitative estimate of drug-likeness (QED) is 0.624. The maximum atomic E-state index is 11.5. The number of urea groups is 1. The Labute approximate surface area is 105 Å². The first-order chi connectivity index (χ1) is 8.51. The molecule has 0 unspecified atom stereocenters. The summed E-state index contributed by atoms with van der Waals surface area (Å²) in [5.41, 5.74) is 6.09. The van der Waals surface area contributed by atoms with E-state index in [9.17, 15) is 9.59 Å². The lowest BCUT2D eigenvalue weighted by Crippen LogP contribution is -2.43. The fourth-order valence-electron chi connectivity index (χ4n) is 1.29. The molecule has 8 heteroatoms. The molecule has 0 saturated heterocycles. The van der Waals surface area contributed by atoms with Crippen LogP contribution >= 0.6 is 0 Å². The van der Waals surface area contributed by atoms with Crippen LogP contribution in [0.4, 0.5) is 4.79 Å². The lowest BCUT2D eigenvalue weighted by atomic mass is 10.3. The van der Waals surface area contributed by atoms with E-state index in [2.05, 4.69) is 20.9 Å². The molecule has 0 bridgehead atoms. The summed E-state index contributed by atoms with van der Waals surface area (Å²) in [6.45, 7) is 4.03. The van der Waals surface area contributed by atoms with Crippen molar-refractivity contribution in [2.75, 3.05) is 6.54 Å². The normalized spacial score (nSPS) is 10.4. The minimum atomic E-state index is -0.516. The van der Waals surface area contributed by atoms with Gasteiger partial charge in [0.05, 0.1) is 5.69 Å². The summed E-state index contributed by atoms with van der Waals surface area (Å²) in [5, 5.41) is 12.4. The number of nitrogens with two attached hydrogens (primary N) is 1. The summed E-state index contributed by atoms with van der Waals surface area (Å²) in [4.78, 5) is 22.7. The zero-order valence-corrected chi connectivity index (χ0v) is 10.5. The van der Waals surface area contributed by atoms with Gasteiger partial charge in [0, 0.05) is 18.7 Å². The number of carbonyl (C=O) groups excluding carboxylic acids is 2. The Morgan fingerprint density at radius 1 is 1.50 bits per heavy atom. The monoisotopic (exact) mass is 254 g/mol. The van der Waals surface area contributed by atoms with E-state index < -0.39 is 11.9 Å². The van der Waals surface area contributed by atoms with E-state index in [-0.39, 0.29) is 12.6 Å². The van der Waals surface area contributed by atoms with Crippen molar-refractivity contribution in [3.05, 3.63) is 11.9 Å². The van der Waals surface area contributed by atoms with Crippen molar-refractivity contribution in [1.82, 2.24) is 25.6 Å². The average molecular weight is 254 g/mol. The van der Waals surface area contributed by atoms with E-state index in [0.29, 0.717) is 13.0 Å². The number of carbonyl (C=O) groups is 2. The number of aromatic nitrogens is 3. The molecule has 3 amide bonds. The van der Waals surface area contributed by atoms with Crippen LogP contribution in [-0.2, 0) is 17.8 Å². The van der Waals surface area contributed by atoms with Gasteiger partial charge in [-0.05, 0) is 20.4 Å². The molecule has 8 nitrogen and oxygen atoms in total. The van der Waals surface area contributed by atoms with Crippen molar-refractivity contribution in [3.63, 3.8) is 0 Å². The summed E-state index contributed by atoms with van der Waals surface area (Å²) in [5.74, 6) is -0.447. The van der Waals surface area contributed by atoms with Crippen LogP contribution in [0.15, 0.2) is 6.20 Å². The van der Waals surface area contributed by atoms with Crippen molar-refractivity contribution < 1.29 is 9.59 Å². The Morgan fingerprint density at radius 2 is 2.22 bits per heavy atom. The molecule has 0 aliphatic carbocycles. The van der Waals surface area contributed by atoms with E-state index in [4.69, 9.17) is 5.73 Å².